The molecule has 0 saturated carbocycles. The topological polar surface area (TPSA) is 70.7 Å². The van der Waals surface area contributed by atoms with E-state index in [0.29, 0.717) is 19.7 Å². The Morgan fingerprint density at radius 1 is 1.26 bits per heavy atom. The monoisotopic (exact) mass is 319 g/mol. The molecular formula is C17H25N3O3. The van der Waals surface area contributed by atoms with Crippen molar-refractivity contribution in [3.63, 3.8) is 0 Å². The standard InChI is InChI=1S/C17H25N3O3/c1-17(2,3)19-16(22)18-15(21)12-20-9-10-23-14(11-20)13-7-5-4-6-8-13/h4-8,14H,9-12H2,1-3H3,(H2,18,19,21,22). The molecule has 1 aliphatic heterocycles. The second-order valence-corrected chi connectivity index (χ2v) is 6.76. The number of hydrogen-bond acceptors (Lipinski definition) is 4. The Kier molecular flexibility index (Phi) is 5.74. The lowest BCUT2D eigenvalue weighted by atomic mass is 10.1. The van der Waals surface area contributed by atoms with E-state index in [2.05, 4.69) is 10.6 Å². The molecule has 1 unspecified atom stereocenters. The smallest absolute Gasteiger partial charge is 0.321 e. The van der Waals surface area contributed by atoms with E-state index in [0.717, 1.165) is 5.56 Å². The van der Waals surface area contributed by atoms with Gasteiger partial charge in [0, 0.05) is 18.6 Å². The van der Waals surface area contributed by atoms with Gasteiger partial charge in [-0.1, -0.05) is 30.3 Å². The summed E-state index contributed by atoms with van der Waals surface area (Å²) >= 11 is 0. The lowest BCUT2D eigenvalue weighted by Crippen LogP contribution is -2.51. The van der Waals surface area contributed by atoms with E-state index in [1.165, 1.54) is 0 Å². The molecule has 1 atom stereocenters. The normalized spacial score (nSPS) is 19.2. The second-order valence-electron chi connectivity index (χ2n) is 6.76. The lowest BCUT2D eigenvalue weighted by Gasteiger charge is -2.32. The Labute approximate surface area is 137 Å². The van der Waals surface area contributed by atoms with Gasteiger partial charge in [0.05, 0.1) is 19.3 Å². The first-order valence-corrected chi connectivity index (χ1v) is 7.84. The molecule has 1 saturated heterocycles. The van der Waals surface area contributed by atoms with Crippen LogP contribution in [0.15, 0.2) is 30.3 Å². The minimum Gasteiger partial charge on any atom is -0.371 e. The van der Waals surface area contributed by atoms with Gasteiger partial charge in [-0.05, 0) is 26.3 Å². The Hall–Kier alpha value is -1.92. The van der Waals surface area contributed by atoms with E-state index in [9.17, 15) is 9.59 Å². The number of hydrogen-bond donors (Lipinski definition) is 2. The Morgan fingerprint density at radius 2 is 1.96 bits per heavy atom. The van der Waals surface area contributed by atoms with Gasteiger partial charge in [0.25, 0.3) is 0 Å². The summed E-state index contributed by atoms with van der Waals surface area (Å²) in [5, 5.41) is 5.07. The molecule has 2 N–H and O–H groups in total. The quantitative estimate of drug-likeness (QED) is 0.889. The van der Waals surface area contributed by atoms with Crippen molar-refractivity contribution in [1.29, 1.82) is 0 Å². The number of benzene rings is 1. The number of carbonyl (C=O) groups excluding carboxylic acids is 2. The van der Waals surface area contributed by atoms with Crippen LogP contribution in [0.4, 0.5) is 4.79 Å². The molecule has 0 radical (unpaired) electrons. The number of imide groups is 1. The van der Waals surface area contributed by atoms with Gasteiger partial charge in [-0.25, -0.2) is 4.79 Å². The van der Waals surface area contributed by atoms with Crippen molar-refractivity contribution in [2.75, 3.05) is 26.2 Å². The first kappa shape index (κ1) is 17.4. The third kappa shape index (κ3) is 6.00. The molecule has 1 fully saturated rings. The van der Waals surface area contributed by atoms with E-state index >= 15 is 0 Å². The van der Waals surface area contributed by atoms with Gasteiger partial charge in [-0.2, -0.15) is 0 Å². The molecule has 0 aliphatic carbocycles. The summed E-state index contributed by atoms with van der Waals surface area (Å²) in [5.41, 5.74) is 0.727. The SMILES string of the molecule is CC(C)(C)NC(=O)NC(=O)CN1CCOC(c2ccccc2)C1. The number of carbonyl (C=O) groups is 2. The van der Waals surface area contributed by atoms with Gasteiger partial charge in [-0.3, -0.25) is 15.0 Å². The summed E-state index contributed by atoms with van der Waals surface area (Å²) in [4.78, 5) is 25.7. The molecule has 1 aromatic rings. The van der Waals surface area contributed by atoms with Crippen LogP contribution in [-0.4, -0.2) is 48.6 Å². The van der Waals surface area contributed by atoms with Crippen molar-refractivity contribution in [1.82, 2.24) is 15.5 Å². The van der Waals surface area contributed by atoms with Crippen molar-refractivity contribution in [2.45, 2.75) is 32.4 Å². The summed E-state index contributed by atoms with van der Waals surface area (Å²) in [6.07, 6.45) is -0.0406. The number of morpholine rings is 1. The van der Waals surface area contributed by atoms with Gasteiger partial charge in [0.2, 0.25) is 5.91 Å². The average Bonchev–Trinajstić information content (AvgIpc) is 2.46. The van der Waals surface area contributed by atoms with Crippen LogP contribution in [0.2, 0.25) is 0 Å². The highest BCUT2D eigenvalue weighted by Gasteiger charge is 2.24. The number of urea groups is 1. The molecule has 1 aromatic carbocycles. The highest BCUT2D eigenvalue weighted by molar-refractivity contribution is 5.95. The van der Waals surface area contributed by atoms with E-state index in [1.54, 1.807) is 0 Å². The molecule has 2 rings (SSSR count). The van der Waals surface area contributed by atoms with E-state index in [4.69, 9.17) is 4.74 Å². The molecule has 6 nitrogen and oxygen atoms in total. The zero-order valence-corrected chi connectivity index (χ0v) is 14.0. The molecule has 0 spiro atoms. The van der Waals surface area contributed by atoms with Crippen LogP contribution in [-0.2, 0) is 9.53 Å². The number of amides is 3. The number of ether oxygens (including phenoxy) is 1. The zero-order valence-electron chi connectivity index (χ0n) is 14.0. The van der Waals surface area contributed by atoms with Crippen molar-refractivity contribution in [2.24, 2.45) is 0 Å². The summed E-state index contributed by atoms with van der Waals surface area (Å²) in [6.45, 7) is 7.66. The van der Waals surface area contributed by atoms with Crippen LogP contribution in [0, 0.1) is 0 Å². The largest absolute Gasteiger partial charge is 0.371 e. The maximum Gasteiger partial charge on any atom is 0.321 e. The van der Waals surface area contributed by atoms with Gasteiger partial charge >= 0.3 is 6.03 Å². The zero-order chi connectivity index (χ0) is 16.9. The maximum absolute atomic E-state index is 12.0. The molecule has 1 heterocycles. The van der Waals surface area contributed by atoms with Gasteiger partial charge in [-0.15, -0.1) is 0 Å². The molecular weight excluding hydrogens is 294 g/mol. The molecule has 1 aliphatic rings. The third-order valence-corrected chi connectivity index (χ3v) is 3.43. The number of rotatable bonds is 3. The van der Waals surface area contributed by atoms with Crippen molar-refractivity contribution in [3.8, 4) is 0 Å². The number of nitrogens with zero attached hydrogens (tertiary/aromatic N) is 1. The summed E-state index contributed by atoms with van der Waals surface area (Å²) in [5.74, 6) is -0.305. The Morgan fingerprint density at radius 3 is 2.61 bits per heavy atom. The van der Waals surface area contributed by atoms with Crippen LogP contribution in [0.5, 0.6) is 0 Å². The molecule has 6 heteroatoms. The van der Waals surface area contributed by atoms with Crippen LogP contribution in [0.1, 0.15) is 32.4 Å². The molecule has 23 heavy (non-hydrogen) atoms. The Balaban J connectivity index is 1.83. The van der Waals surface area contributed by atoms with Crippen LogP contribution < -0.4 is 10.6 Å². The second kappa shape index (κ2) is 7.57. The van der Waals surface area contributed by atoms with E-state index < -0.39 is 6.03 Å². The predicted molar refractivity (Wildman–Crippen MR) is 88.0 cm³/mol. The molecule has 0 aromatic heterocycles. The molecule has 0 bridgehead atoms. The predicted octanol–water partition coefficient (Wildman–Crippen LogP) is 1.68. The van der Waals surface area contributed by atoms with Gasteiger partial charge in [0.1, 0.15) is 0 Å². The van der Waals surface area contributed by atoms with Crippen LogP contribution in [0.3, 0.4) is 0 Å². The van der Waals surface area contributed by atoms with Gasteiger partial charge < -0.3 is 10.1 Å². The van der Waals surface area contributed by atoms with Crippen LogP contribution >= 0.6 is 0 Å². The average molecular weight is 319 g/mol. The first-order chi connectivity index (χ1) is 10.8. The fourth-order valence-corrected chi connectivity index (χ4v) is 2.46. The van der Waals surface area contributed by atoms with E-state index in [1.807, 2.05) is 56.0 Å². The minimum absolute atomic E-state index is 0.0406. The van der Waals surface area contributed by atoms with Gasteiger partial charge in [0.15, 0.2) is 0 Å². The fraction of sp³-hybridized carbons (Fsp3) is 0.529. The molecule has 3 amide bonds. The first-order valence-electron chi connectivity index (χ1n) is 7.84. The number of nitrogens with one attached hydrogen (secondary N) is 2. The summed E-state index contributed by atoms with van der Waals surface area (Å²) < 4.78 is 5.77. The van der Waals surface area contributed by atoms with Crippen molar-refractivity contribution >= 4 is 11.9 Å². The van der Waals surface area contributed by atoms with Crippen LogP contribution in [0.25, 0.3) is 0 Å². The van der Waals surface area contributed by atoms with E-state index in [-0.39, 0.29) is 24.1 Å². The van der Waals surface area contributed by atoms with Crippen molar-refractivity contribution < 1.29 is 14.3 Å². The fourth-order valence-electron chi connectivity index (χ4n) is 2.46. The summed E-state index contributed by atoms with van der Waals surface area (Å²) in [7, 11) is 0. The minimum atomic E-state index is -0.463. The maximum atomic E-state index is 12.0. The summed E-state index contributed by atoms with van der Waals surface area (Å²) in [6, 6.07) is 9.49. The lowest BCUT2D eigenvalue weighted by molar-refractivity contribution is -0.123. The molecule has 126 valence electrons. The third-order valence-electron chi connectivity index (χ3n) is 3.43. The highest BCUT2D eigenvalue weighted by atomic mass is 16.5. The highest BCUT2D eigenvalue weighted by Crippen LogP contribution is 2.21. The van der Waals surface area contributed by atoms with Crippen molar-refractivity contribution in [3.05, 3.63) is 35.9 Å². The Bertz CT molecular complexity index is 540.